The zero-order valence-electron chi connectivity index (χ0n) is 16.2. The summed E-state index contributed by atoms with van der Waals surface area (Å²) < 4.78 is 0. The number of hydrogen-bond acceptors (Lipinski definition) is 2. The van der Waals surface area contributed by atoms with Crippen LogP contribution in [0.25, 0.3) is 0 Å². The van der Waals surface area contributed by atoms with Crippen LogP contribution in [0.15, 0.2) is 48.5 Å². The highest BCUT2D eigenvalue weighted by atomic mass is 16.2. The van der Waals surface area contributed by atoms with Crippen LogP contribution in [-0.2, 0) is 0 Å². The molecule has 4 nitrogen and oxygen atoms in total. The van der Waals surface area contributed by atoms with Gasteiger partial charge in [-0.1, -0.05) is 35.4 Å². The zero-order valence-corrected chi connectivity index (χ0v) is 16.2. The maximum absolute atomic E-state index is 12.4. The van der Waals surface area contributed by atoms with E-state index in [9.17, 15) is 9.59 Å². The fraction of sp³-hybridized carbons (Fsp3) is 0.364. The summed E-state index contributed by atoms with van der Waals surface area (Å²) in [7, 11) is 3.65. The van der Waals surface area contributed by atoms with Crippen molar-refractivity contribution in [3.8, 4) is 0 Å². The van der Waals surface area contributed by atoms with Crippen molar-refractivity contribution in [1.29, 1.82) is 0 Å². The number of hydrogen-bond donors (Lipinski definition) is 0. The second-order valence-corrected chi connectivity index (χ2v) is 6.89. The molecule has 2 amide bonds. The molecule has 0 saturated carbocycles. The van der Waals surface area contributed by atoms with Gasteiger partial charge in [-0.25, -0.2) is 0 Å². The molecule has 0 aliphatic heterocycles. The van der Waals surface area contributed by atoms with E-state index < -0.39 is 0 Å². The molecule has 0 atom stereocenters. The van der Waals surface area contributed by atoms with Gasteiger partial charge >= 0.3 is 0 Å². The summed E-state index contributed by atoms with van der Waals surface area (Å²) in [4.78, 5) is 28.2. The molecule has 0 fully saturated rings. The molecule has 4 heteroatoms. The molecule has 0 N–H and O–H groups in total. The largest absolute Gasteiger partial charge is 0.342 e. The second kappa shape index (κ2) is 9.18. The normalized spacial score (nSPS) is 10.5. The monoisotopic (exact) mass is 352 g/mol. The van der Waals surface area contributed by atoms with Crippen LogP contribution >= 0.6 is 0 Å². The van der Waals surface area contributed by atoms with Crippen molar-refractivity contribution in [2.75, 3.05) is 27.2 Å². The Kier molecular flexibility index (Phi) is 6.96. The maximum Gasteiger partial charge on any atom is 0.253 e. The summed E-state index contributed by atoms with van der Waals surface area (Å²) in [5.74, 6) is 0.0724. The van der Waals surface area contributed by atoms with Gasteiger partial charge in [-0.3, -0.25) is 9.59 Å². The lowest BCUT2D eigenvalue weighted by Crippen LogP contribution is -2.30. The van der Waals surface area contributed by atoms with Gasteiger partial charge in [0.2, 0.25) is 0 Å². The van der Waals surface area contributed by atoms with Crippen molar-refractivity contribution < 1.29 is 9.59 Å². The third kappa shape index (κ3) is 5.45. The van der Waals surface area contributed by atoms with Crippen LogP contribution in [0.2, 0.25) is 0 Å². The Morgan fingerprint density at radius 1 is 0.654 bits per heavy atom. The Labute approximate surface area is 156 Å². The molecule has 0 aromatic heterocycles. The van der Waals surface area contributed by atoms with Crippen molar-refractivity contribution in [3.63, 3.8) is 0 Å². The Balaban J connectivity index is 1.75. The van der Waals surface area contributed by atoms with E-state index in [0.717, 1.165) is 24.0 Å². The van der Waals surface area contributed by atoms with Gasteiger partial charge in [0.25, 0.3) is 11.8 Å². The van der Waals surface area contributed by atoms with Crippen LogP contribution in [0.1, 0.15) is 44.7 Å². The lowest BCUT2D eigenvalue weighted by atomic mass is 10.1. The average molecular weight is 352 g/mol. The van der Waals surface area contributed by atoms with Gasteiger partial charge in [0.1, 0.15) is 0 Å². The van der Waals surface area contributed by atoms with Crippen LogP contribution < -0.4 is 0 Å². The first kappa shape index (κ1) is 19.7. The number of benzene rings is 2. The molecular weight excluding hydrogens is 324 g/mol. The fourth-order valence-corrected chi connectivity index (χ4v) is 2.73. The van der Waals surface area contributed by atoms with Crippen LogP contribution in [0.5, 0.6) is 0 Å². The minimum atomic E-state index is 0.0362. The first-order valence-corrected chi connectivity index (χ1v) is 9.03. The molecule has 0 aliphatic rings. The van der Waals surface area contributed by atoms with E-state index in [4.69, 9.17) is 0 Å². The van der Waals surface area contributed by atoms with E-state index in [1.54, 1.807) is 9.80 Å². The van der Waals surface area contributed by atoms with Crippen molar-refractivity contribution in [2.45, 2.75) is 26.7 Å². The predicted octanol–water partition coefficient (Wildman–Crippen LogP) is 3.93. The fourth-order valence-electron chi connectivity index (χ4n) is 2.73. The van der Waals surface area contributed by atoms with Gasteiger partial charge in [0, 0.05) is 38.3 Å². The number of unbranched alkanes of at least 4 members (excludes halogenated alkanes) is 1. The number of nitrogens with zero attached hydrogens (tertiary/aromatic N) is 2. The van der Waals surface area contributed by atoms with Crippen molar-refractivity contribution in [1.82, 2.24) is 9.80 Å². The van der Waals surface area contributed by atoms with E-state index in [1.165, 1.54) is 0 Å². The second-order valence-electron chi connectivity index (χ2n) is 6.89. The Hall–Kier alpha value is -2.62. The smallest absolute Gasteiger partial charge is 0.253 e. The summed E-state index contributed by atoms with van der Waals surface area (Å²) in [5, 5.41) is 0. The molecule has 138 valence electrons. The SMILES string of the molecule is Cc1ccc(C(=O)N(C)CCCCN(C)C(=O)c2ccc(C)cc2)cc1. The third-order valence-electron chi connectivity index (χ3n) is 4.53. The highest BCUT2D eigenvalue weighted by Gasteiger charge is 2.13. The van der Waals surface area contributed by atoms with Crippen LogP contribution in [-0.4, -0.2) is 48.8 Å². The summed E-state index contributed by atoms with van der Waals surface area (Å²) in [6.45, 7) is 5.37. The van der Waals surface area contributed by atoms with Crippen molar-refractivity contribution >= 4 is 11.8 Å². The summed E-state index contributed by atoms with van der Waals surface area (Å²) >= 11 is 0. The lowest BCUT2D eigenvalue weighted by Gasteiger charge is -2.20. The molecule has 0 bridgehead atoms. The van der Waals surface area contributed by atoms with Gasteiger partial charge in [-0.2, -0.15) is 0 Å². The van der Waals surface area contributed by atoms with Gasteiger partial charge < -0.3 is 9.80 Å². The number of amides is 2. The van der Waals surface area contributed by atoms with Gasteiger partial charge in [0.05, 0.1) is 0 Å². The van der Waals surface area contributed by atoms with Crippen LogP contribution in [0, 0.1) is 13.8 Å². The third-order valence-corrected chi connectivity index (χ3v) is 4.53. The van der Waals surface area contributed by atoms with Crippen molar-refractivity contribution in [3.05, 3.63) is 70.8 Å². The highest BCUT2D eigenvalue weighted by molar-refractivity contribution is 5.94. The van der Waals surface area contributed by atoms with E-state index in [0.29, 0.717) is 24.2 Å². The maximum atomic E-state index is 12.4. The molecule has 26 heavy (non-hydrogen) atoms. The van der Waals surface area contributed by atoms with E-state index >= 15 is 0 Å². The number of aryl methyl sites for hydroxylation is 2. The molecular formula is C22H28N2O2. The summed E-state index contributed by atoms with van der Waals surface area (Å²) in [6, 6.07) is 15.3. The average Bonchev–Trinajstić information content (AvgIpc) is 2.65. The van der Waals surface area contributed by atoms with E-state index in [1.807, 2.05) is 76.5 Å². The standard InChI is InChI=1S/C22H28N2O2/c1-17-7-11-19(12-8-17)21(25)23(3)15-5-6-16-24(4)22(26)20-13-9-18(2)10-14-20/h7-14H,5-6,15-16H2,1-4H3. The van der Waals surface area contributed by atoms with Gasteiger partial charge in [-0.05, 0) is 51.0 Å². The topological polar surface area (TPSA) is 40.6 Å². The first-order valence-electron chi connectivity index (χ1n) is 9.03. The number of carbonyl (C=O) groups excluding carboxylic acids is 2. The molecule has 2 aromatic carbocycles. The van der Waals surface area contributed by atoms with E-state index in [-0.39, 0.29) is 11.8 Å². The molecule has 0 saturated heterocycles. The zero-order chi connectivity index (χ0) is 19.1. The molecule has 0 unspecified atom stereocenters. The van der Waals surface area contributed by atoms with Crippen LogP contribution in [0.3, 0.4) is 0 Å². The molecule has 0 spiro atoms. The lowest BCUT2D eigenvalue weighted by molar-refractivity contribution is 0.0766. The van der Waals surface area contributed by atoms with Gasteiger partial charge in [0.15, 0.2) is 0 Å². The highest BCUT2D eigenvalue weighted by Crippen LogP contribution is 2.09. The number of rotatable bonds is 7. The summed E-state index contributed by atoms with van der Waals surface area (Å²) in [5.41, 5.74) is 3.71. The Morgan fingerprint density at radius 3 is 1.27 bits per heavy atom. The molecule has 0 radical (unpaired) electrons. The molecule has 0 heterocycles. The molecule has 2 aromatic rings. The quantitative estimate of drug-likeness (QED) is 0.709. The van der Waals surface area contributed by atoms with Crippen LogP contribution in [0.4, 0.5) is 0 Å². The molecule has 0 aliphatic carbocycles. The van der Waals surface area contributed by atoms with Crippen molar-refractivity contribution in [2.24, 2.45) is 0 Å². The minimum Gasteiger partial charge on any atom is -0.342 e. The Bertz CT molecular complexity index is 670. The minimum absolute atomic E-state index is 0.0362. The first-order chi connectivity index (χ1) is 12.4. The predicted molar refractivity (Wildman–Crippen MR) is 106 cm³/mol. The summed E-state index contributed by atoms with van der Waals surface area (Å²) in [6.07, 6.45) is 1.72. The van der Waals surface area contributed by atoms with Gasteiger partial charge in [-0.15, -0.1) is 0 Å². The molecule has 2 rings (SSSR count). The Morgan fingerprint density at radius 2 is 0.962 bits per heavy atom. The number of carbonyl (C=O) groups is 2. The van der Waals surface area contributed by atoms with E-state index in [2.05, 4.69) is 0 Å².